The van der Waals surface area contributed by atoms with Crippen molar-refractivity contribution in [3.05, 3.63) is 73.0 Å². The van der Waals surface area contributed by atoms with E-state index in [2.05, 4.69) is 19.0 Å². The van der Waals surface area contributed by atoms with Gasteiger partial charge in [0.25, 0.3) is 10.2 Å². The van der Waals surface area contributed by atoms with E-state index in [0.717, 1.165) is 23.3 Å². The van der Waals surface area contributed by atoms with E-state index in [4.69, 9.17) is 4.74 Å². The van der Waals surface area contributed by atoms with E-state index in [9.17, 15) is 26.4 Å². The second kappa shape index (κ2) is 11.9. The second-order valence-corrected chi connectivity index (χ2v) is 6.69. The maximum absolute atomic E-state index is 12.4. The summed E-state index contributed by atoms with van der Waals surface area (Å²) in [6.45, 7) is 7.26. The summed E-state index contributed by atoms with van der Waals surface area (Å²) >= 11 is 0. The molecule has 0 bridgehead atoms. The first-order valence-corrected chi connectivity index (χ1v) is 9.22. The molecule has 0 aromatic heterocycles. The van der Waals surface area contributed by atoms with Gasteiger partial charge in [-0.25, -0.2) is 22.6 Å². The molecule has 11 heteroatoms. The number of nitrogens with one attached hydrogen (secondary N) is 1. The SMILES string of the molecule is NS(=O)(=O)NC[C-]=O.[CH2-]Cc1ccc(Oc2ccc(C(F)(F)F)cc2)cc1[CH2-].[Li+]. The van der Waals surface area contributed by atoms with Gasteiger partial charge in [0, 0.05) is 0 Å². The third-order valence-corrected chi connectivity index (χ3v) is 3.76. The van der Waals surface area contributed by atoms with E-state index in [1.807, 2.05) is 6.07 Å². The van der Waals surface area contributed by atoms with Gasteiger partial charge in [0.2, 0.25) is 0 Å². The largest absolute Gasteiger partial charge is 1.00 e. The Morgan fingerprint density at radius 2 is 1.66 bits per heavy atom. The molecule has 3 N–H and O–H groups in total. The molecule has 0 aliphatic carbocycles. The van der Waals surface area contributed by atoms with E-state index in [-0.39, 0.29) is 18.9 Å². The smallest absolute Gasteiger partial charge is 0.541 e. The first-order chi connectivity index (χ1) is 13.0. The number of benzene rings is 2. The molecule has 2 aromatic rings. The molecule has 0 amide bonds. The van der Waals surface area contributed by atoms with Gasteiger partial charge in [-0.05, 0) is 30.3 Å². The third kappa shape index (κ3) is 10.4. The Morgan fingerprint density at radius 1 is 1.10 bits per heavy atom. The molecule has 6 nitrogen and oxygen atoms in total. The summed E-state index contributed by atoms with van der Waals surface area (Å²) in [5.41, 5.74) is 1.10. The molecule has 0 atom stereocenters. The summed E-state index contributed by atoms with van der Waals surface area (Å²) in [5, 5.41) is 4.40. The minimum atomic E-state index is -4.34. The van der Waals surface area contributed by atoms with Crippen molar-refractivity contribution in [2.24, 2.45) is 5.14 Å². The first kappa shape index (κ1) is 27.0. The summed E-state index contributed by atoms with van der Waals surface area (Å²) in [6, 6.07) is 9.89. The van der Waals surface area contributed by atoms with Crippen molar-refractivity contribution < 1.29 is 50.0 Å². The van der Waals surface area contributed by atoms with Crippen molar-refractivity contribution in [2.45, 2.75) is 12.6 Å². The van der Waals surface area contributed by atoms with Gasteiger partial charge in [0.15, 0.2) is 0 Å². The average Bonchev–Trinajstić information content (AvgIpc) is 2.60. The maximum Gasteiger partial charge on any atom is 1.00 e. The predicted octanol–water partition coefficient (Wildman–Crippen LogP) is -0.0503. The Bertz CT molecular complexity index is 889. The number of carbonyl (C=O) groups excluding carboxylic acids is 1. The summed E-state index contributed by atoms with van der Waals surface area (Å²) in [4.78, 5) is 9.34. The molecule has 154 valence electrons. The number of alkyl halides is 3. The van der Waals surface area contributed by atoms with Crippen molar-refractivity contribution in [1.82, 2.24) is 4.72 Å². The Labute approximate surface area is 180 Å². The van der Waals surface area contributed by atoms with Gasteiger partial charge in [-0.2, -0.15) is 39.6 Å². The monoisotopic (exact) mass is 422 g/mol. The van der Waals surface area contributed by atoms with Gasteiger partial charge >= 0.3 is 25.0 Å². The van der Waals surface area contributed by atoms with Crippen LogP contribution >= 0.6 is 0 Å². The van der Waals surface area contributed by atoms with Crippen LogP contribution in [0.4, 0.5) is 13.2 Å². The molecule has 0 heterocycles. The molecule has 2 rings (SSSR count). The van der Waals surface area contributed by atoms with Gasteiger partial charge in [-0.1, -0.05) is 6.54 Å². The Morgan fingerprint density at radius 3 is 2.03 bits per heavy atom. The van der Waals surface area contributed by atoms with E-state index in [1.54, 1.807) is 16.9 Å². The van der Waals surface area contributed by atoms with Crippen molar-refractivity contribution >= 4 is 16.5 Å². The van der Waals surface area contributed by atoms with Crippen molar-refractivity contribution in [3.63, 3.8) is 0 Å². The van der Waals surface area contributed by atoms with E-state index in [1.165, 1.54) is 18.4 Å². The Balaban J connectivity index is 0.000000747. The first-order valence-electron chi connectivity index (χ1n) is 7.68. The minimum absolute atomic E-state index is 0. The maximum atomic E-state index is 12.4. The van der Waals surface area contributed by atoms with Gasteiger partial charge in [0.05, 0.1) is 11.3 Å². The fourth-order valence-electron chi connectivity index (χ4n) is 1.89. The molecule has 0 fully saturated rings. The molecule has 0 aliphatic rings. The molecule has 0 saturated carbocycles. The van der Waals surface area contributed by atoms with Gasteiger partial charge in [-0.3, -0.25) is 0 Å². The van der Waals surface area contributed by atoms with Gasteiger partial charge < -0.3 is 16.5 Å². The number of rotatable bonds is 6. The van der Waals surface area contributed by atoms with Crippen LogP contribution in [0.3, 0.4) is 0 Å². The van der Waals surface area contributed by atoms with Crippen LogP contribution in [0.25, 0.3) is 0 Å². The van der Waals surface area contributed by atoms with Crippen LogP contribution in [-0.2, 0) is 27.6 Å². The zero-order valence-electron chi connectivity index (χ0n) is 15.6. The van der Waals surface area contributed by atoms with Crippen LogP contribution < -0.4 is 33.5 Å². The quantitative estimate of drug-likeness (QED) is 0.504. The van der Waals surface area contributed by atoms with Crippen molar-refractivity contribution in [1.29, 1.82) is 0 Å². The molecule has 2 aromatic carbocycles. The van der Waals surface area contributed by atoms with Crippen LogP contribution in [0.1, 0.15) is 16.7 Å². The van der Waals surface area contributed by atoms with Crippen LogP contribution in [0.5, 0.6) is 11.5 Å². The Kier molecular flexibility index (Phi) is 11.1. The molecule has 0 unspecified atom stereocenters. The van der Waals surface area contributed by atoms with Crippen LogP contribution in [0, 0.1) is 13.8 Å². The zero-order valence-corrected chi connectivity index (χ0v) is 16.4. The summed E-state index contributed by atoms with van der Waals surface area (Å²) in [5.74, 6) is 0.881. The molecule has 0 spiro atoms. The van der Waals surface area contributed by atoms with E-state index >= 15 is 0 Å². The number of halogens is 3. The van der Waals surface area contributed by atoms with E-state index < -0.39 is 28.5 Å². The summed E-state index contributed by atoms with van der Waals surface area (Å²) in [6.07, 6.45) is -2.41. The topological polar surface area (TPSA) is 98.5 Å². The predicted molar refractivity (Wildman–Crippen MR) is 98.3 cm³/mol. The summed E-state index contributed by atoms with van der Waals surface area (Å²) in [7, 11) is -3.70. The molecule has 0 saturated heterocycles. The third-order valence-electron chi connectivity index (χ3n) is 3.21. The number of hydrogen-bond acceptors (Lipinski definition) is 4. The minimum Gasteiger partial charge on any atom is -0.541 e. The molecule has 0 radical (unpaired) electrons. The molecule has 0 aliphatic heterocycles. The molecular weight excluding hydrogens is 404 g/mol. The van der Waals surface area contributed by atoms with Gasteiger partial charge in [0.1, 0.15) is 5.75 Å². The van der Waals surface area contributed by atoms with Crippen LogP contribution in [0.2, 0.25) is 0 Å². The van der Waals surface area contributed by atoms with Crippen molar-refractivity contribution in [3.8, 4) is 11.5 Å². The Hall–Kier alpha value is -1.96. The fraction of sp³-hybridized carbons (Fsp3) is 0.167. The van der Waals surface area contributed by atoms with Crippen LogP contribution in [-0.4, -0.2) is 21.2 Å². The van der Waals surface area contributed by atoms with Crippen LogP contribution in [0.15, 0.2) is 42.5 Å². The van der Waals surface area contributed by atoms with Crippen molar-refractivity contribution in [2.75, 3.05) is 6.54 Å². The number of ether oxygens (including phenoxy) is 1. The second-order valence-electron chi connectivity index (χ2n) is 5.32. The normalized spacial score (nSPS) is 10.9. The molecular formula is C18H18F3LiN2O4S-2. The standard InChI is InChI=1S/C16H13F3O.C2H5N2O3S.Li/c1-3-12-4-7-15(10-11(12)2)20-14-8-5-13(6-9-14)16(17,18)19;3-8(6,7)4-1-2-5;/h4-10H,1-3H2;4H,1H2,(H2,3,6,7);/q-2;-1;+1. The molecule has 29 heavy (non-hydrogen) atoms. The van der Waals surface area contributed by atoms with Gasteiger partial charge in [-0.15, -0.1) is 12.1 Å². The van der Waals surface area contributed by atoms with E-state index in [0.29, 0.717) is 17.9 Å². The number of hydrogen-bond donors (Lipinski definition) is 2. The zero-order chi connectivity index (χ0) is 21.4. The number of nitrogens with two attached hydrogens (primary N) is 1. The average molecular weight is 422 g/mol. The fourth-order valence-corrected chi connectivity index (χ4v) is 2.15. The summed E-state index contributed by atoms with van der Waals surface area (Å²) < 4.78 is 64.2.